The van der Waals surface area contributed by atoms with Crippen molar-refractivity contribution in [1.29, 1.82) is 0 Å². The van der Waals surface area contributed by atoms with E-state index in [2.05, 4.69) is 15.3 Å². The average Bonchev–Trinajstić information content (AvgIpc) is 3.06. The number of rotatable bonds is 9. The maximum absolute atomic E-state index is 12.5. The highest BCUT2D eigenvalue weighted by molar-refractivity contribution is 7.84. The Morgan fingerprint density at radius 1 is 1.18 bits per heavy atom. The van der Waals surface area contributed by atoms with Crippen LogP contribution in [0.25, 0.3) is 11.0 Å². The molecule has 9 heteroatoms. The molecule has 2 heterocycles. The number of fused-ring (bicyclic) bond motifs is 1. The van der Waals surface area contributed by atoms with Gasteiger partial charge in [-0.3, -0.25) is 9.00 Å². The summed E-state index contributed by atoms with van der Waals surface area (Å²) in [6, 6.07) is 7.23. The Bertz CT molecular complexity index is 1050. The molecule has 2 aromatic heterocycles. The first-order valence-electron chi connectivity index (χ1n) is 9.00. The van der Waals surface area contributed by atoms with Gasteiger partial charge < -0.3 is 14.9 Å². The maximum Gasteiger partial charge on any atom is 0.275 e. The van der Waals surface area contributed by atoms with Gasteiger partial charge in [0.05, 0.1) is 21.9 Å². The van der Waals surface area contributed by atoms with Crippen molar-refractivity contribution >= 4 is 50.9 Å². The van der Waals surface area contributed by atoms with E-state index in [1.54, 1.807) is 24.7 Å². The first-order chi connectivity index (χ1) is 13.4. The summed E-state index contributed by atoms with van der Waals surface area (Å²) in [5.41, 5.74) is 1.99. The van der Waals surface area contributed by atoms with Gasteiger partial charge in [-0.1, -0.05) is 35.7 Å². The van der Waals surface area contributed by atoms with Gasteiger partial charge in [-0.25, -0.2) is 4.98 Å². The summed E-state index contributed by atoms with van der Waals surface area (Å²) >= 11 is 12.0. The topological polar surface area (TPSA) is 79.8 Å². The SMILES string of the molecule is CS(=O)CCCCCn1cnc2cc(NCc3ccc(Cl)c(Cl)c3)[nH]c(=O)c21. The number of pyridine rings is 1. The normalized spacial score (nSPS) is 12.4. The number of imidazole rings is 1. The lowest BCUT2D eigenvalue weighted by atomic mass is 10.2. The summed E-state index contributed by atoms with van der Waals surface area (Å²) in [6.07, 6.45) is 6.23. The van der Waals surface area contributed by atoms with Gasteiger partial charge in [0, 0.05) is 42.0 Å². The van der Waals surface area contributed by atoms with Crippen molar-refractivity contribution in [3.8, 4) is 0 Å². The van der Waals surface area contributed by atoms with Gasteiger partial charge in [0.2, 0.25) is 0 Å². The molecule has 2 N–H and O–H groups in total. The van der Waals surface area contributed by atoms with E-state index in [0.717, 1.165) is 30.6 Å². The molecule has 150 valence electrons. The molecule has 1 unspecified atom stereocenters. The second-order valence-electron chi connectivity index (χ2n) is 6.62. The van der Waals surface area contributed by atoms with E-state index in [9.17, 15) is 9.00 Å². The molecule has 28 heavy (non-hydrogen) atoms. The minimum absolute atomic E-state index is 0.179. The zero-order chi connectivity index (χ0) is 20.1. The van der Waals surface area contributed by atoms with Crippen molar-refractivity contribution in [2.75, 3.05) is 17.3 Å². The Balaban J connectivity index is 1.65. The summed E-state index contributed by atoms with van der Waals surface area (Å²) < 4.78 is 13.0. The molecule has 0 fully saturated rings. The predicted molar refractivity (Wildman–Crippen MR) is 117 cm³/mol. The highest BCUT2D eigenvalue weighted by Gasteiger charge is 2.09. The number of benzene rings is 1. The molecule has 1 aromatic carbocycles. The summed E-state index contributed by atoms with van der Waals surface area (Å²) in [6.45, 7) is 1.21. The molecule has 0 saturated heterocycles. The van der Waals surface area contributed by atoms with Crippen LogP contribution < -0.4 is 10.9 Å². The zero-order valence-electron chi connectivity index (χ0n) is 15.5. The molecule has 0 amide bonds. The zero-order valence-corrected chi connectivity index (χ0v) is 17.8. The fraction of sp³-hybridized carbons (Fsp3) is 0.368. The Morgan fingerprint density at radius 2 is 2.00 bits per heavy atom. The van der Waals surface area contributed by atoms with E-state index in [-0.39, 0.29) is 5.56 Å². The van der Waals surface area contributed by atoms with Crippen LogP contribution in [0.1, 0.15) is 24.8 Å². The summed E-state index contributed by atoms with van der Waals surface area (Å²) in [5, 5.41) is 4.19. The monoisotopic (exact) mass is 440 g/mol. The largest absolute Gasteiger partial charge is 0.367 e. The highest BCUT2D eigenvalue weighted by Crippen LogP contribution is 2.23. The fourth-order valence-corrected chi connectivity index (χ4v) is 3.91. The standard InChI is InChI=1S/C19H22Cl2N4O2S/c1-28(27)8-4-2-3-7-25-12-23-16-10-17(24-19(26)18(16)25)22-11-13-5-6-14(20)15(21)9-13/h5-6,9-10,12H,2-4,7-8,11H2,1H3,(H2,22,24,26). The van der Waals surface area contributed by atoms with Crippen LogP contribution in [0.4, 0.5) is 5.82 Å². The maximum atomic E-state index is 12.5. The number of aryl methyl sites for hydroxylation is 1. The Labute approximate surface area is 175 Å². The van der Waals surface area contributed by atoms with E-state index in [1.165, 1.54) is 0 Å². The van der Waals surface area contributed by atoms with E-state index in [4.69, 9.17) is 23.2 Å². The van der Waals surface area contributed by atoms with Gasteiger partial charge in [-0.2, -0.15) is 0 Å². The van der Waals surface area contributed by atoms with Gasteiger partial charge in [0.25, 0.3) is 5.56 Å². The Morgan fingerprint density at radius 3 is 2.75 bits per heavy atom. The van der Waals surface area contributed by atoms with E-state index < -0.39 is 10.8 Å². The van der Waals surface area contributed by atoms with Crippen LogP contribution in [-0.2, 0) is 23.9 Å². The van der Waals surface area contributed by atoms with Crippen molar-refractivity contribution in [3.05, 3.63) is 56.6 Å². The second kappa shape index (κ2) is 9.58. The third kappa shape index (κ3) is 5.37. The van der Waals surface area contributed by atoms with Crippen LogP contribution in [0, 0.1) is 0 Å². The third-order valence-electron chi connectivity index (χ3n) is 4.41. The number of unbranched alkanes of at least 4 members (excludes halogenated alkanes) is 2. The molecule has 0 aliphatic rings. The molecule has 0 radical (unpaired) electrons. The van der Waals surface area contributed by atoms with Gasteiger partial charge in [-0.15, -0.1) is 0 Å². The van der Waals surface area contributed by atoms with Crippen molar-refractivity contribution < 1.29 is 4.21 Å². The quantitative estimate of drug-likeness (QED) is 0.488. The molecule has 0 aliphatic heterocycles. The predicted octanol–water partition coefficient (Wildman–Crippen LogP) is 4.19. The fourth-order valence-electron chi connectivity index (χ4n) is 2.98. The van der Waals surface area contributed by atoms with Crippen LogP contribution in [0.15, 0.2) is 35.4 Å². The number of H-pyrrole nitrogens is 1. The van der Waals surface area contributed by atoms with Crippen molar-refractivity contribution in [3.63, 3.8) is 0 Å². The summed E-state index contributed by atoms with van der Waals surface area (Å²) in [7, 11) is -0.748. The Kier molecular flexibility index (Phi) is 7.15. The molecule has 0 bridgehead atoms. The first kappa shape index (κ1) is 20.9. The molecular formula is C19H22Cl2N4O2S. The molecule has 3 rings (SSSR count). The number of hydrogen-bond acceptors (Lipinski definition) is 4. The lowest BCUT2D eigenvalue weighted by Gasteiger charge is -2.08. The van der Waals surface area contributed by atoms with Crippen molar-refractivity contribution in [1.82, 2.24) is 14.5 Å². The first-order valence-corrected chi connectivity index (χ1v) is 11.5. The van der Waals surface area contributed by atoms with Gasteiger partial charge in [0.15, 0.2) is 0 Å². The van der Waals surface area contributed by atoms with Gasteiger partial charge in [-0.05, 0) is 30.5 Å². The second-order valence-corrected chi connectivity index (χ2v) is 8.99. The summed E-state index contributed by atoms with van der Waals surface area (Å²) in [5.74, 6) is 1.32. The third-order valence-corrected chi connectivity index (χ3v) is 6.01. The van der Waals surface area contributed by atoms with Crippen LogP contribution in [0.5, 0.6) is 0 Å². The van der Waals surface area contributed by atoms with Gasteiger partial charge >= 0.3 is 0 Å². The number of nitrogens with zero attached hydrogens (tertiary/aromatic N) is 2. The van der Waals surface area contributed by atoms with Crippen LogP contribution in [0.2, 0.25) is 10.0 Å². The van der Waals surface area contributed by atoms with Gasteiger partial charge in [0.1, 0.15) is 11.3 Å². The number of halogens is 2. The van der Waals surface area contributed by atoms with Crippen molar-refractivity contribution in [2.24, 2.45) is 0 Å². The number of nitrogens with one attached hydrogen (secondary N) is 2. The minimum Gasteiger partial charge on any atom is -0.367 e. The Hall–Kier alpha value is -1.83. The average molecular weight is 441 g/mol. The lowest BCUT2D eigenvalue weighted by Crippen LogP contribution is -2.14. The molecule has 6 nitrogen and oxygen atoms in total. The van der Waals surface area contributed by atoms with E-state index >= 15 is 0 Å². The molecule has 3 aromatic rings. The van der Waals surface area contributed by atoms with Crippen LogP contribution in [0.3, 0.4) is 0 Å². The minimum atomic E-state index is -0.748. The number of hydrogen-bond donors (Lipinski definition) is 2. The summed E-state index contributed by atoms with van der Waals surface area (Å²) in [4.78, 5) is 19.8. The molecule has 0 spiro atoms. The number of aromatic nitrogens is 3. The smallest absolute Gasteiger partial charge is 0.275 e. The van der Waals surface area contributed by atoms with E-state index in [1.807, 2.05) is 16.7 Å². The number of aromatic amines is 1. The number of anilines is 1. The molecule has 0 aliphatic carbocycles. The molecular weight excluding hydrogens is 419 g/mol. The van der Waals surface area contributed by atoms with Crippen LogP contribution in [-0.4, -0.2) is 30.8 Å². The lowest BCUT2D eigenvalue weighted by molar-refractivity contribution is 0.610. The highest BCUT2D eigenvalue weighted by atomic mass is 35.5. The van der Waals surface area contributed by atoms with Crippen LogP contribution >= 0.6 is 23.2 Å². The van der Waals surface area contributed by atoms with E-state index in [0.29, 0.717) is 40.0 Å². The molecule has 1 atom stereocenters. The molecule has 0 saturated carbocycles. The van der Waals surface area contributed by atoms with Crippen molar-refractivity contribution in [2.45, 2.75) is 32.4 Å².